The normalized spacial score (nSPS) is 13.0. The fourth-order valence-corrected chi connectivity index (χ4v) is 1.13. The Balaban J connectivity index is 0.000000469. The molecule has 1 aromatic heterocycles. The zero-order chi connectivity index (χ0) is 16.1. The molecule has 1 aromatic rings. The Morgan fingerprint density at radius 2 is 1.81 bits per heavy atom. The molecule has 1 heterocycles. The number of hydrogen-bond acceptors (Lipinski definition) is 4. The van der Waals surface area contributed by atoms with Gasteiger partial charge in [0.05, 0.1) is 17.8 Å². The van der Waals surface area contributed by atoms with Crippen molar-refractivity contribution in [3.8, 4) is 0 Å². The molecule has 0 aliphatic heterocycles. The van der Waals surface area contributed by atoms with Gasteiger partial charge in [0.25, 0.3) is 6.47 Å². The standard InChI is InChI=1S/C8H10F3N3.C4H8.CH2O2/c1-12-14-5-7-3-2-6(4-13-7)8(9,10)11;1-2-4-3-1;2-1-3/h2-4,12,14H,5H2,1H3;1-4H2;1H,(H,2,3). The Hall–Kier alpha value is -1.67. The zero-order valence-corrected chi connectivity index (χ0v) is 11.8. The Labute approximate surface area is 121 Å². The van der Waals surface area contributed by atoms with Gasteiger partial charge in [0.2, 0.25) is 0 Å². The highest BCUT2D eigenvalue weighted by atomic mass is 19.4. The van der Waals surface area contributed by atoms with E-state index in [9.17, 15) is 13.2 Å². The number of halogens is 3. The largest absolute Gasteiger partial charge is 0.483 e. The van der Waals surface area contributed by atoms with E-state index < -0.39 is 11.7 Å². The van der Waals surface area contributed by atoms with E-state index >= 15 is 0 Å². The predicted octanol–water partition coefficient (Wildman–Crippen LogP) is 2.59. The molecule has 5 nitrogen and oxygen atoms in total. The molecule has 0 radical (unpaired) electrons. The number of hydrogen-bond donors (Lipinski definition) is 3. The molecule has 0 aromatic carbocycles. The molecule has 2 rings (SSSR count). The summed E-state index contributed by atoms with van der Waals surface area (Å²) in [6, 6.07) is 2.35. The fourth-order valence-electron chi connectivity index (χ4n) is 1.13. The minimum absolute atomic E-state index is 0.250. The maximum Gasteiger partial charge on any atom is 0.417 e. The summed E-state index contributed by atoms with van der Waals surface area (Å²) in [5, 5.41) is 6.89. The maximum absolute atomic E-state index is 12.1. The van der Waals surface area contributed by atoms with Gasteiger partial charge in [0.1, 0.15) is 0 Å². The second-order valence-corrected chi connectivity index (χ2v) is 4.16. The molecule has 1 fully saturated rings. The number of pyridine rings is 1. The van der Waals surface area contributed by atoms with Crippen molar-refractivity contribution in [2.75, 3.05) is 7.05 Å². The van der Waals surface area contributed by atoms with E-state index in [0.717, 1.165) is 12.3 Å². The molecule has 0 spiro atoms. The molecular formula is C13H20F3N3O2. The fraction of sp³-hybridized carbons (Fsp3) is 0.538. The van der Waals surface area contributed by atoms with Crippen molar-refractivity contribution in [3.63, 3.8) is 0 Å². The maximum atomic E-state index is 12.1. The second-order valence-electron chi connectivity index (χ2n) is 4.16. The summed E-state index contributed by atoms with van der Waals surface area (Å²) in [6.45, 7) is 0.134. The summed E-state index contributed by atoms with van der Waals surface area (Å²) in [5.74, 6) is 0. The first-order valence-corrected chi connectivity index (χ1v) is 6.45. The van der Waals surface area contributed by atoms with E-state index in [0.29, 0.717) is 12.2 Å². The highest BCUT2D eigenvalue weighted by Crippen LogP contribution is 2.28. The van der Waals surface area contributed by atoms with Crippen LogP contribution in [0.4, 0.5) is 13.2 Å². The van der Waals surface area contributed by atoms with Crippen LogP contribution in [0.3, 0.4) is 0 Å². The molecular weight excluding hydrogens is 287 g/mol. The molecule has 8 heteroatoms. The molecule has 0 bridgehead atoms. The molecule has 1 aliphatic carbocycles. The molecule has 120 valence electrons. The van der Waals surface area contributed by atoms with Crippen molar-refractivity contribution in [1.82, 2.24) is 15.8 Å². The van der Waals surface area contributed by atoms with Gasteiger partial charge in [-0.1, -0.05) is 25.7 Å². The van der Waals surface area contributed by atoms with Crippen molar-refractivity contribution in [1.29, 1.82) is 0 Å². The monoisotopic (exact) mass is 307 g/mol. The molecule has 0 saturated heterocycles. The first kappa shape index (κ1) is 19.3. The van der Waals surface area contributed by atoms with Crippen LogP contribution in [-0.4, -0.2) is 23.6 Å². The van der Waals surface area contributed by atoms with E-state index in [1.165, 1.54) is 31.7 Å². The van der Waals surface area contributed by atoms with Crippen LogP contribution in [-0.2, 0) is 17.5 Å². The van der Waals surface area contributed by atoms with Gasteiger partial charge >= 0.3 is 6.18 Å². The van der Waals surface area contributed by atoms with Gasteiger partial charge in [-0.15, -0.1) is 0 Å². The number of rotatable bonds is 3. The van der Waals surface area contributed by atoms with E-state index in [1.807, 2.05) is 0 Å². The lowest BCUT2D eigenvalue weighted by molar-refractivity contribution is -0.137. The molecule has 0 atom stereocenters. The van der Waals surface area contributed by atoms with Gasteiger partial charge in [0.15, 0.2) is 0 Å². The lowest BCUT2D eigenvalue weighted by Crippen LogP contribution is -2.27. The number of carboxylic acid groups (broad SMARTS) is 1. The molecule has 21 heavy (non-hydrogen) atoms. The van der Waals surface area contributed by atoms with Crippen LogP contribution < -0.4 is 10.9 Å². The minimum atomic E-state index is -4.32. The Morgan fingerprint density at radius 3 is 2.10 bits per heavy atom. The van der Waals surface area contributed by atoms with Crippen LogP contribution in [0.15, 0.2) is 18.3 Å². The van der Waals surface area contributed by atoms with Gasteiger partial charge < -0.3 is 5.11 Å². The van der Waals surface area contributed by atoms with Gasteiger partial charge in [-0.2, -0.15) is 13.2 Å². The van der Waals surface area contributed by atoms with Crippen molar-refractivity contribution in [2.45, 2.75) is 38.4 Å². The summed E-state index contributed by atoms with van der Waals surface area (Å²) in [7, 11) is 1.67. The lowest BCUT2D eigenvalue weighted by Gasteiger charge is -2.06. The highest BCUT2D eigenvalue weighted by Gasteiger charge is 2.30. The number of carbonyl (C=O) groups is 1. The number of nitrogens with zero attached hydrogens (tertiary/aromatic N) is 1. The number of hydrazine groups is 1. The van der Waals surface area contributed by atoms with Crippen LogP contribution in [0.5, 0.6) is 0 Å². The third-order valence-corrected chi connectivity index (χ3v) is 2.60. The summed E-state index contributed by atoms with van der Waals surface area (Å²) in [4.78, 5) is 12.0. The van der Waals surface area contributed by atoms with E-state index in [-0.39, 0.29) is 6.47 Å². The van der Waals surface area contributed by atoms with Gasteiger partial charge in [-0.25, -0.2) is 0 Å². The average molecular weight is 307 g/mol. The van der Waals surface area contributed by atoms with Crippen LogP contribution >= 0.6 is 0 Å². The summed E-state index contributed by atoms with van der Waals surface area (Å²) < 4.78 is 36.3. The van der Waals surface area contributed by atoms with Crippen molar-refractivity contribution >= 4 is 6.47 Å². The third-order valence-electron chi connectivity index (χ3n) is 2.60. The molecule has 0 unspecified atom stereocenters. The number of nitrogens with one attached hydrogen (secondary N) is 2. The van der Waals surface area contributed by atoms with Crippen LogP contribution in [0, 0.1) is 0 Å². The lowest BCUT2D eigenvalue weighted by atomic mass is 10.0. The first-order valence-electron chi connectivity index (χ1n) is 6.45. The Morgan fingerprint density at radius 1 is 1.29 bits per heavy atom. The molecule has 1 aliphatic rings. The van der Waals surface area contributed by atoms with E-state index in [1.54, 1.807) is 7.05 Å². The van der Waals surface area contributed by atoms with E-state index in [4.69, 9.17) is 9.90 Å². The van der Waals surface area contributed by atoms with Crippen molar-refractivity contribution < 1.29 is 23.1 Å². The average Bonchev–Trinajstić information content (AvgIpc) is 2.35. The quantitative estimate of drug-likeness (QED) is 0.591. The van der Waals surface area contributed by atoms with Gasteiger partial charge in [0, 0.05) is 6.20 Å². The smallest absolute Gasteiger partial charge is 0.417 e. The number of aromatic nitrogens is 1. The van der Waals surface area contributed by atoms with Crippen LogP contribution in [0.25, 0.3) is 0 Å². The Bertz CT molecular complexity index is 375. The van der Waals surface area contributed by atoms with Crippen LogP contribution in [0.2, 0.25) is 0 Å². The molecule has 0 amide bonds. The summed E-state index contributed by atoms with van der Waals surface area (Å²) >= 11 is 0. The molecule has 1 saturated carbocycles. The van der Waals surface area contributed by atoms with Crippen LogP contribution in [0.1, 0.15) is 36.9 Å². The highest BCUT2D eigenvalue weighted by molar-refractivity contribution is 5.32. The SMILES string of the molecule is C1CCC1.CNNCc1ccc(C(F)(F)F)cn1.O=CO. The van der Waals surface area contributed by atoms with Crippen molar-refractivity contribution in [2.24, 2.45) is 0 Å². The van der Waals surface area contributed by atoms with Crippen molar-refractivity contribution in [3.05, 3.63) is 29.6 Å². The number of alkyl halides is 3. The predicted molar refractivity (Wildman–Crippen MR) is 72.3 cm³/mol. The topological polar surface area (TPSA) is 74.2 Å². The van der Waals surface area contributed by atoms with E-state index in [2.05, 4.69) is 15.8 Å². The first-order chi connectivity index (χ1) is 9.95. The molecule has 3 N–H and O–H groups in total. The second kappa shape index (κ2) is 11.0. The van der Waals surface area contributed by atoms with Gasteiger partial charge in [-0.3, -0.25) is 20.6 Å². The summed E-state index contributed by atoms with van der Waals surface area (Å²) in [5.41, 5.74) is 5.20. The minimum Gasteiger partial charge on any atom is -0.483 e. The Kier molecular flexibility index (Phi) is 10.2. The van der Waals surface area contributed by atoms with Gasteiger partial charge in [-0.05, 0) is 19.2 Å². The summed E-state index contributed by atoms with van der Waals surface area (Å²) in [6.07, 6.45) is 2.51. The zero-order valence-electron chi connectivity index (χ0n) is 11.8. The third kappa shape index (κ3) is 9.80.